The fraction of sp³-hybridized carbons (Fsp3) is 0.667. The number of nitrogens with one attached hydrogen (secondary N) is 1. The lowest BCUT2D eigenvalue weighted by Crippen LogP contribution is -2.25. The third kappa shape index (κ3) is 18.7. The molecule has 0 atom stereocenters. The molecule has 0 saturated heterocycles. The van der Waals surface area contributed by atoms with Crippen LogP contribution in [0, 0.1) is 0 Å². The lowest BCUT2D eigenvalue weighted by atomic mass is 10.3. The predicted molar refractivity (Wildman–Crippen MR) is 66.3 cm³/mol. The van der Waals surface area contributed by atoms with Crippen molar-refractivity contribution in [3.63, 3.8) is 0 Å². The van der Waals surface area contributed by atoms with Crippen LogP contribution < -0.4 is 5.32 Å². The molecule has 0 saturated carbocycles. The van der Waals surface area contributed by atoms with Gasteiger partial charge in [-0.25, -0.2) is 0 Å². The van der Waals surface area contributed by atoms with E-state index in [1.54, 1.807) is 6.92 Å². The molecule has 0 aliphatic heterocycles. The summed E-state index contributed by atoms with van der Waals surface area (Å²) in [6.07, 6.45) is 0. The van der Waals surface area contributed by atoms with Gasteiger partial charge in [-0.05, 0) is 28.1 Å². The Balaban J connectivity index is 0. The zero-order valence-corrected chi connectivity index (χ0v) is 11.0. The first-order valence-corrected chi connectivity index (χ1v) is 5.55. The third-order valence-electron chi connectivity index (χ3n) is 0.768. The molecule has 4 heteroatoms. The Kier molecular flexibility index (Phi) is 11.8. The number of nitrogens with zero attached hydrogens (tertiary/aromatic N) is 1. The summed E-state index contributed by atoms with van der Waals surface area (Å²) in [6.45, 7) is 5.92. The van der Waals surface area contributed by atoms with Crippen molar-refractivity contribution in [2.75, 3.05) is 32.1 Å². The number of hydrogen-bond acceptors (Lipinski definition) is 2. The molecule has 0 aromatic heterocycles. The molecule has 0 aromatic carbocycles. The van der Waals surface area contributed by atoms with Gasteiger partial charge in [0.2, 0.25) is 5.91 Å². The van der Waals surface area contributed by atoms with Gasteiger partial charge in [-0.2, -0.15) is 0 Å². The molecule has 0 heterocycles. The molecule has 0 rings (SSSR count). The Morgan fingerprint density at radius 3 is 2.08 bits per heavy atom. The minimum absolute atomic E-state index is 0.0494. The molecule has 78 valence electrons. The topological polar surface area (TPSA) is 32.3 Å². The molecule has 0 bridgehead atoms. The molecule has 0 aromatic rings. The van der Waals surface area contributed by atoms with E-state index >= 15 is 0 Å². The molecule has 3 nitrogen and oxygen atoms in total. The van der Waals surface area contributed by atoms with Gasteiger partial charge >= 0.3 is 0 Å². The minimum Gasteiger partial charge on any atom is -0.352 e. The minimum atomic E-state index is -0.0494. The molecule has 0 aliphatic rings. The summed E-state index contributed by atoms with van der Waals surface area (Å²) in [7, 11) is 6.00. The maximum absolute atomic E-state index is 10.7. The number of alkyl halides is 1. The van der Waals surface area contributed by atoms with E-state index in [1.807, 2.05) is 26.0 Å². The van der Waals surface area contributed by atoms with Gasteiger partial charge in [0.25, 0.3) is 0 Å². The van der Waals surface area contributed by atoms with Crippen molar-refractivity contribution in [3.8, 4) is 0 Å². The maximum atomic E-state index is 10.7. The summed E-state index contributed by atoms with van der Waals surface area (Å²) in [5.74, 6) is -0.0494. The molecule has 0 spiro atoms. The summed E-state index contributed by atoms with van der Waals surface area (Å²) in [6, 6.07) is 0. The highest BCUT2D eigenvalue weighted by Crippen LogP contribution is 1.85. The smallest absolute Gasteiger partial charge is 0.246 e. The Labute approximate surface area is 94.7 Å². The number of halogens is 1. The van der Waals surface area contributed by atoms with E-state index in [1.165, 1.54) is 0 Å². The van der Waals surface area contributed by atoms with Crippen molar-refractivity contribution in [1.29, 1.82) is 0 Å². The van der Waals surface area contributed by atoms with Crippen LogP contribution >= 0.6 is 22.6 Å². The van der Waals surface area contributed by atoms with Gasteiger partial charge in [0, 0.05) is 16.5 Å². The Morgan fingerprint density at radius 2 is 1.85 bits per heavy atom. The van der Waals surface area contributed by atoms with Crippen molar-refractivity contribution >= 4 is 28.5 Å². The van der Waals surface area contributed by atoms with Gasteiger partial charge in [0.1, 0.15) is 0 Å². The van der Waals surface area contributed by atoms with Crippen LogP contribution in [-0.4, -0.2) is 42.9 Å². The molecule has 1 N–H and O–H groups in total. The fourth-order valence-corrected chi connectivity index (χ4v) is 0.581. The number of rotatable bonds is 3. The van der Waals surface area contributed by atoms with Crippen LogP contribution in [0.1, 0.15) is 6.92 Å². The first-order chi connectivity index (χ1) is 5.91. The SMILES string of the molecule is C=C(C)C(=O)NCCI.CN(C)C. The first-order valence-electron chi connectivity index (χ1n) is 4.02. The molecule has 13 heavy (non-hydrogen) atoms. The number of amides is 1. The standard InChI is InChI=1S/C6H10INO.C3H9N/c1-5(2)6(9)8-4-3-7;1-4(2)3/h1,3-4H2,2H3,(H,8,9);1-3H3. The second-order valence-electron chi connectivity index (χ2n) is 3.07. The van der Waals surface area contributed by atoms with Crippen LogP contribution in [0.15, 0.2) is 12.2 Å². The zero-order valence-electron chi connectivity index (χ0n) is 8.85. The summed E-state index contributed by atoms with van der Waals surface area (Å²) in [5.41, 5.74) is 0.569. The monoisotopic (exact) mass is 298 g/mol. The van der Waals surface area contributed by atoms with Crippen LogP contribution in [0.4, 0.5) is 0 Å². The van der Waals surface area contributed by atoms with E-state index in [2.05, 4.69) is 34.5 Å². The molecular formula is C9H19IN2O. The van der Waals surface area contributed by atoms with Crippen LogP contribution in [0.2, 0.25) is 0 Å². The first kappa shape index (κ1) is 15.4. The van der Waals surface area contributed by atoms with Crippen LogP contribution in [0.5, 0.6) is 0 Å². The molecular weight excluding hydrogens is 279 g/mol. The molecule has 1 amide bonds. The second-order valence-corrected chi connectivity index (χ2v) is 4.15. The lowest BCUT2D eigenvalue weighted by Gasteiger charge is -1.99. The fourth-order valence-electron chi connectivity index (χ4n) is 0.312. The van der Waals surface area contributed by atoms with Gasteiger partial charge in [-0.15, -0.1) is 0 Å². The Morgan fingerprint density at radius 1 is 1.46 bits per heavy atom. The van der Waals surface area contributed by atoms with E-state index in [0.29, 0.717) is 5.57 Å². The van der Waals surface area contributed by atoms with E-state index in [9.17, 15) is 4.79 Å². The maximum Gasteiger partial charge on any atom is 0.246 e. The largest absolute Gasteiger partial charge is 0.352 e. The zero-order chi connectivity index (χ0) is 10.9. The van der Waals surface area contributed by atoms with Gasteiger partial charge in [-0.3, -0.25) is 4.79 Å². The van der Waals surface area contributed by atoms with Crippen molar-refractivity contribution in [3.05, 3.63) is 12.2 Å². The van der Waals surface area contributed by atoms with Gasteiger partial charge in [0.15, 0.2) is 0 Å². The van der Waals surface area contributed by atoms with Crippen molar-refractivity contribution in [1.82, 2.24) is 10.2 Å². The summed E-state index contributed by atoms with van der Waals surface area (Å²) >= 11 is 2.20. The number of hydrogen-bond donors (Lipinski definition) is 1. The van der Waals surface area contributed by atoms with Gasteiger partial charge in [-0.1, -0.05) is 29.2 Å². The van der Waals surface area contributed by atoms with Gasteiger partial charge in [0.05, 0.1) is 0 Å². The van der Waals surface area contributed by atoms with E-state index in [-0.39, 0.29) is 5.91 Å². The summed E-state index contributed by atoms with van der Waals surface area (Å²) < 4.78 is 0.941. The highest BCUT2D eigenvalue weighted by atomic mass is 127. The summed E-state index contributed by atoms with van der Waals surface area (Å²) in [4.78, 5) is 12.7. The molecule has 0 aliphatic carbocycles. The van der Waals surface area contributed by atoms with Crippen molar-refractivity contribution in [2.24, 2.45) is 0 Å². The van der Waals surface area contributed by atoms with Crippen LogP contribution in [0.25, 0.3) is 0 Å². The van der Waals surface area contributed by atoms with Crippen LogP contribution in [-0.2, 0) is 4.79 Å². The Hall–Kier alpha value is -0.100. The molecule has 0 fully saturated rings. The van der Waals surface area contributed by atoms with E-state index in [4.69, 9.17) is 0 Å². The highest BCUT2D eigenvalue weighted by Gasteiger charge is 1.96. The average molecular weight is 298 g/mol. The summed E-state index contributed by atoms with van der Waals surface area (Å²) in [5, 5.41) is 2.69. The average Bonchev–Trinajstić information content (AvgIpc) is 1.98. The molecule has 0 radical (unpaired) electrons. The third-order valence-corrected chi connectivity index (χ3v) is 1.31. The highest BCUT2D eigenvalue weighted by molar-refractivity contribution is 14.1. The number of carbonyl (C=O) groups is 1. The van der Waals surface area contributed by atoms with E-state index in [0.717, 1.165) is 11.0 Å². The quantitative estimate of drug-likeness (QED) is 0.484. The normalized spacial score (nSPS) is 8.77. The Bertz CT molecular complexity index is 155. The second kappa shape index (κ2) is 9.98. The van der Waals surface area contributed by atoms with Crippen LogP contribution in [0.3, 0.4) is 0 Å². The van der Waals surface area contributed by atoms with Gasteiger partial charge < -0.3 is 10.2 Å². The van der Waals surface area contributed by atoms with Crippen molar-refractivity contribution < 1.29 is 4.79 Å². The lowest BCUT2D eigenvalue weighted by molar-refractivity contribution is -0.117. The molecule has 0 unspecified atom stereocenters. The number of carbonyl (C=O) groups excluding carboxylic acids is 1. The predicted octanol–water partition coefficient (Wildman–Crippen LogP) is 1.29. The van der Waals surface area contributed by atoms with E-state index < -0.39 is 0 Å². The van der Waals surface area contributed by atoms with Crippen molar-refractivity contribution in [2.45, 2.75) is 6.92 Å².